The molecule has 0 aliphatic heterocycles. The van der Waals surface area contributed by atoms with E-state index in [1.165, 1.54) is 0 Å². The first-order valence-corrected chi connectivity index (χ1v) is 6.53. The number of Topliss-reactive ketones (excluding diaryl/α,β-unsaturated/α-hetero) is 1. The van der Waals surface area contributed by atoms with Crippen LogP contribution in [0.15, 0.2) is 0 Å². The van der Waals surface area contributed by atoms with Crippen LogP contribution in [-0.2, 0) is 19.1 Å². The average Bonchev–Trinajstić information content (AvgIpc) is 1.77. The van der Waals surface area contributed by atoms with Gasteiger partial charge in [-0.1, -0.05) is 0 Å². The zero-order valence-electron chi connectivity index (χ0n) is 6.91. The third kappa shape index (κ3) is 5.25. The van der Waals surface area contributed by atoms with E-state index in [1.54, 1.807) is 0 Å². The SMILES string of the molecule is CC(=O)[C@@H](OS(C)(=O)=O)[P+](O)(O)O. The number of hydrogen-bond donors (Lipinski definition) is 3. The van der Waals surface area contributed by atoms with Gasteiger partial charge in [0, 0.05) is 6.92 Å². The predicted molar refractivity (Wildman–Crippen MR) is 44.0 cm³/mol. The van der Waals surface area contributed by atoms with Crippen LogP contribution < -0.4 is 0 Å². The molecule has 0 aliphatic carbocycles. The van der Waals surface area contributed by atoms with E-state index in [-0.39, 0.29) is 0 Å². The lowest BCUT2D eigenvalue weighted by Gasteiger charge is -2.12. The van der Waals surface area contributed by atoms with Crippen molar-refractivity contribution in [1.29, 1.82) is 0 Å². The topological polar surface area (TPSA) is 121 Å². The van der Waals surface area contributed by atoms with Crippen LogP contribution in [0.2, 0.25) is 0 Å². The van der Waals surface area contributed by atoms with Crippen molar-refractivity contribution in [2.24, 2.45) is 0 Å². The van der Waals surface area contributed by atoms with Gasteiger partial charge in [-0.15, -0.1) is 0 Å². The largest absolute Gasteiger partial charge is 0.444 e. The fraction of sp³-hybridized carbons (Fsp3) is 0.750. The molecule has 0 bridgehead atoms. The van der Waals surface area contributed by atoms with Crippen molar-refractivity contribution in [3.8, 4) is 0 Å². The van der Waals surface area contributed by atoms with Gasteiger partial charge in [-0.05, 0) is 0 Å². The quantitative estimate of drug-likeness (QED) is 0.404. The maximum absolute atomic E-state index is 10.6. The lowest BCUT2D eigenvalue weighted by Crippen LogP contribution is -2.27. The second-order valence-electron chi connectivity index (χ2n) is 2.38. The van der Waals surface area contributed by atoms with Crippen LogP contribution in [0.3, 0.4) is 0 Å². The lowest BCUT2D eigenvalue weighted by atomic mass is 10.5. The van der Waals surface area contributed by atoms with Crippen molar-refractivity contribution in [3.63, 3.8) is 0 Å². The molecule has 0 fully saturated rings. The number of ketones is 1. The lowest BCUT2D eigenvalue weighted by molar-refractivity contribution is -0.121. The molecule has 3 N–H and O–H groups in total. The van der Waals surface area contributed by atoms with Gasteiger partial charge in [-0.3, -0.25) is 4.79 Å². The first kappa shape index (κ1) is 12.9. The molecule has 13 heavy (non-hydrogen) atoms. The van der Waals surface area contributed by atoms with E-state index in [4.69, 9.17) is 14.7 Å². The molecule has 0 radical (unpaired) electrons. The Morgan fingerprint density at radius 1 is 1.38 bits per heavy atom. The number of rotatable bonds is 4. The normalized spacial score (nSPS) is 15.5. The fourth-order valence-electron chi connectivity index (χ4n) is 0.535. The molecule has 78 valence electrons. The van der Waals surface area contributed by atoms with Gasteiger partial charge >= 0.3 is 13.8 Å². The molecular formula is C4H10O7PS+. The summed E-state index contributed by atoms with van der Waals surface area (Å²) in [5, 5.41) is 0. The van der Waals surface area contributed by atoms with Gasteiger partial charge in [0.15, 0.2) is 0 Å². The van der Waals surface area contributed by atoms with E-state index in [0.717, 1.165) is 6.92 Å². The Labute approximate surface area is 75.7 Å². The molecule has 1 atom stereocenters. The number of carbonyl (C=O) groups excluding carboxylic acids is 1. The molecule has 0 amide bonds. The van der Waals surface area contributed by atoms with Gasteiger partial charge in [-0.25, -0.2) is 4.18 Å². The summed E-state index contributed by atoms with van der Waals surface area (Å²) in [5.74, 6) is -3.10. The second kappa shape index (κ2) is 3.95. The highest BCUT2D eigenvalue weighted by molar-refractivity contribution is 7.86. The minimum atomic E-state index is -4.63. The first-order chi connectivity index (χ1) is 5.54. The zero-order chi connectivity index (χ0) is 10.9. The van der Waals surface area contributed by atoms with Crippen molar-refractivity contribution in [1.82, 2.24) is 0 Å². The summed E-state index contributed by atoms with van der Waals surface area (Å²) in [7, 11) is -8.65. The molecule has 9 heteroatoms. The monoisotopic (exact) mass is 233 g/mol. The summed E-state index contributed by atoms with van der Waals surface area (Å²) in [4.78, 5) is 36.5. The number of hydrogen-bond acceptors (Lipinski definition) is 7. The van der Waals surface area contributed by atoms with Crippen LogP contribution >= 0.6 is 7.94 Å². The van der Waals surface area contributed by atoms with E-state index in [1.807, 2.05) is 0 Å². The Balaban J connectivity index is 4.77. The Hall–Kier alpha value is -0.110. The van der Waals surface area contributed by atoms with E-state index >= 15 is 0 Å². The molecule has 0 saturated carbocycles. The molecule has 0 aromatic heterocycles. The van der Waals surface area contributed by atoms with Crippen LogP contribution in [0.4, 0.5) is 0 Å². The summed E-state index contributed by atoms with van der Waals surface area (Å²) in [6, 6.07) is 0. The van der Waals surface area contributed by atoms with E-state index in [0.29, 0.717) is 6.26 Å². The van der Waals surface area contributed by atoms with Crippen molar-refractivity contribution < 1.29 is 32.1 Å². The highest BCUT2D eigenvalue weighted by Crippen LogP contribution is 2.51. The molecule has 0 aromatic rings. The molecule has 0 aromatic carbocycles. The summed E-state index contributed by atoms with van der Waals surface area (Å²) in [6.07, 6.45) is 0.624. The van der Waals surface area contributed by atoms with Crippen LogP contribution in [0, 0.1) is 0 Å². The average molecular weight is 233 g/mol. The van der Waals surface area contributed by atoms with Gasteiger partial charge in [-0.2, -0.15) is 23.1 Å². The summed E-state index contributed by atoms with van der Waals surface area (Å²) < 4.78 is 25.0. The van der Waals surface area contributed by atoms with Crippen LogP contribution in [0.25, 0.3) is 0 Å². The first-order valence-electron chi connectivity index (χ1n) is 2.99. The van der Waals surface area contributed by atoms with Crippen molar-refractivity contribution in [2.45, 2.75) is 12.8 Å². The standard InChI is InChI=1S/C4H10O7PS/c1-3(5)4(12(6,7)8)11-13(2,9)10/h4,6-8H,1-2H3/q+1/t4-/m0/s1. The molecule has 0 unspecified atom stereocenters. The van der Waals surface area contributed by atoms with Gasteiger partial charge < -0.3 is 0 Å². The van der Waals surface area contributed by atoms with Crippen molar-refractivity contribution in [2.75, 3.05) is 6.26 Å². The Morgan fingerprint density at radius 3 is 1.85 bits per heavy atom. The smallest absolute Gasteiger partial charge is 0.292 e. The van der Waals surface area contributed by atoms with Crippen molar-refractivity contribution in [3.05, 3.63) is 0 Å². The van der Waals surface area contributed by atoms with E-state index < -0.39 is 29.7 Å². The number of carbonyl (C=O) groups is 1. The fourth-order valence-corrected chi connectivity index (χ4v) is 2.42. The van der Waals surface area contributed by atoms with Gasteiger partial charge in [0.2, 0.25) is 5.78 Å². The maximum Gasteiger partial charge on any atom is 0.444 e. The Bertz CT molecular complexity index is 288. The highest BCUT2D eigenvalue weighted by Gasteiger charge is 2.49. The Morgan fingerprint density at radius 2 is 1.77 bits per heavy atom. The summed E-state index contributed by atoms with van der Waals surface area (Å²) in [5.41, 5.74) is 0. The Kier molecular flexibility index (Phi) is 3.92. The van der Waals surface area contributed by atoms with Gasteiger partial charge in [0.1, 0.15) is 0 Å². The summed E-state index contributed by atoms with van der Waals surface area (Å²) in [6.45, 7) is 0.868. The molecule has 0 heterocycles. The predicted octanol–water partition coefficient (Wildman–Crippen LogP) is -1.38. The molecule has 0 saturated heterocycles. The van der Waals surface area contributed by atoms with Crippen molar-refractivity contribution >= 4 is 23.8 Å². The molecular weight excluding hydrogens is 223 g/mol. The third-order valence-corrected chi connectivity index (χ3v) is 2.71. The minimum Gasteiger partial charge on any atom is -0.292 e. The second-order valence-corrected chi connectivity index (χ2v) is 5.68. The van der Waals surface area contributed by atoms with E-state index in [9.17, 15) is 13.2 Å². The van der Waals surface area contributed by atoms with Crippen LogP contribution in [0.1, 0.15) is 6.92 Å². The molecule has 0 rings (SSSR count). The van der Waals surface area contributed by atoms with Crippen LogP contribution in [0.5, 0.6) is 0 Å². The van der Waals surface area contributed by atoms with Gasteiger partial charge in [0.05, 0.1) is 6.26 Å². The zero-order valence-corrected chi connectivity index (χ0v) is 8.62. The van der Waals surface area contributed by atoms with Crippen LogP contribution in [-0.4, -0.2) is 41.0 Å². The highest BCUT2D eigenvalue weighted by atomic mass is 32.2. The molecule has 0 aliphatic rings. The molecule has 0 spiro atoms. The molecule has 7 nitrogen and oxygen atoms in total. The van der Waals surface area contributed by atoms with Gasteiger partial charge in [0.25, 0.3) is 10.1 Å². The minimum absolute atomic E-state index is 0.624. The van der Waals surface area contributed by atoms with E-state index in [2.05, 4.69) is 4.18 Å². The maximum atomic E-state index is 10.6. The third-order valence-electron chi connectivity index (χ3n) is 0.928. The summed E-state index contributed by atoms with van der Waals surface area (Å²) >= 11 is 0.